The Bertz CT molecular complexity index is 1850. The van der Waals surface area contributed by atoms with Crippen molar-refractivity contribution in [2.75, 3.05) is 4.90 Å². The predicted octanol–water partition coefficient (Wildman–Crippen LogP) is 9.50. The van der Waals surface area contributed by atoms with Gasteiger partial charge in [-0.25, -0.2) is 4.39 Å². The van der Waals surface area contributed by atoms with Crippen LogP contribution in [0.4, 0.5) is 21.5 Å². The summed E-state index contributed by atoms with van der Waals surface area (Å²) < 4.78 is 20.4. The Hall–Kier alpha value is -4.63. The number of hydrogen-bond acceptors (Lipinski definition) is 2. The first kappa shape index (κ1) is 19.8. The second-order valence-electron chi connectivity index (χ2n) is 8.73. The van der Waals surface area contributed by atoms with Crippen molar-refractivity contribution in [2.24, 2.45) is 0 Å². The Kier molecular flexibility index (Phi) is 4.36. The topological polar surface area (TPSA) is 16.4 Å². The van der Waals surface area contributed by atoms with E-state index in [-0.39, 0.29) is 5.82 Å². The van der Waals surface area contributed by atoms with Crippen LogP contribution in [0, 0.1) is 5.82 Å². The zero-order valence-electron chi connectivity index (χ0n) is 18.8. The summed E-state index contributed by atoms with van der Waals surface area (Å²) in [6, 6.07) is 39.9. The predicted molar refractivity (Wildman–Crippen MR) is 143 cm³/mol. The van der Waals surface area contributed by atoms with Gasteiger partial charge >= 0.3 is 0 Å². The van der Waals surface area contributed by atoms with Gasteiger partial charge in [0.05, 0.1) is 5.69 Å². The van der Waals surface area contributed by atoms with Crippen LogP contribution in [0.2, 0.25) is 0 Å². The average Bonchev–Trinajstić information content (AvgIpc) is 3.30. The van der Waals surface area contributed by atoms with Crippen molar-refractivity contribution < 1.29 is 8.81 Å². The van der Waals surface area contributed by atoms with Crippen molar-refractivity contribution in [3.05, 3.63) is 127 Å². The monoisotopic (exact) mass is 453 g/mol. The molecule has 1 heterocycles. The highest BCUT2D eigenvalue weighted by molar-refractivity contribution is 6.25. The molecule has 0 atom stereocenters. The minimum Gasteiger partial charge on any atom is -0.455 e. The maximum Gasteiger partial charge on any atom is 0.143 e. The number of hydrogen-bond donors (Lipinski definition) is 0. The normalized spacial score (nSPS) is 11.6. The molecule has 1 aromatic heterocycles. The third-order valence-corrected chi connectivity index (χ3v) is 6.69. The van der Waals surface area contributed by atoms with Crippen LogP contribution in [0.15, 0.2) is 126 Å². The lowest BCUT2D eigenvalue weighted by Gasteiger charge is -2.27. The smallest absolute Gasteiger partial charge is 0.143 e. The summed E-state index contributed by atoms with van der Waals surface area (Å²) in [6.45, 7) is 0. The molecular formula is C32H20FNO. The van der Waals surface area contributed by atoms with Crippen molar-refractivity contribution >= 4 is 60.5 Å². The highest BCUT2D eigenvalue weighted by Crippen LogP contribution is 2.45. The number of halogens is 1. The molecule has 0 bridgehead atoms. The van der Waals surface area contributed by atoms with Crippen molar-refractivity contribution in [3.8, 4) is 0 Å². The molecule has 7 rings (SSSR count). The molecule has 0 saturated carbocycles. The molecule has 0 saturated heterocycles. The number of para-hydroxylation sites is 1. The molecule has 3 heteroatoms. The van der Waals surface area contributed by atoms with E-state index in [1.165, 1.54) is 12.1 Å². The van der Waals surface area contributed by atoms with E-state index in [4.69, 9.17) is 4.42 Å². The number of fused-ring (bicyclic) bond motifs is 7. The molecule has 7 aromatic rings. The lowest BCUT2D eigenvalue weighted by atomic mass is 9.99. The van der Waals surface area contributed by atoms with Crippen LogP contribution in [-0.4, -0.2) is 0 Å². The van der Waals surface area contributed by atoms with Gasteiger partial charge in [-0.15, -0.1) is 0 Å². The summed E-state index contributed by atoms with van der Waals surface area (Å²) in [5.41, 5.74) is 4.57. The van der Waals surface area contributed by atoms with Gasteiger partial charge in [-0.2, -0.15) is 0 Å². The molecule has 0 radical (unpaired) electrons. The fourth-order valence-electron chi connectivity index (χ4n) is 5.13. The molecule has 0 N–H and O–H groups in total. The molecule has 0 spiro atoms. The van der Waals surface area contributed by atoms with E-state index in [9.17, 15) is 4.39 Å². The lowest BCUT2D eigenvalue weighted by Crippen LogP contribution is -2.10. The number of furan rings is 1. The largest absolute Gasteiger partial charge is 0.455 e. The molecule has 0 unspecified atom stereocenters. The summed E-state index contributed by atoms with van der Waals surface area (Å²) in [5.74, 6) is -0.258. The van der Waals surface area contributed by atoms with E-state index in [1.54, 1.807) is 0 Å². The first-order valence-electron chi connectivity index (χ1n) is 11.6. The van der Waals surface area contributed by atoms with E-state index >= 15 is 0 Å². The third kappa shape index (κ3) is 3.09. The summed E-state index contributed by atoms with van der Waals surface area (Å²) in [4.78, 5) is 2.16. The first-order valence-corrected chi connectivity index (χ1v) is 11.6. The molecule has 0 amide bonds. The zero-order chi connectivity index (χ0) is 23.4. The highest BCUT2D eigenvalue weighted by Gasteiger charge is 2.20. The van der Waals surface area contributed by atoms with Crippen molar-refractivity contribution in [1.29, 1.82) is 0 Å². The molecule has 0 aliphatic carbocycles. The molecule has 0 aliphatic heterocycles. The first-order chi connectivity index (χ1) is 17.3. The molecule has 2 nitrogen and oxygen atoms in total. The van der Waals surface area contributed by atoms with Crippen molar-refractivity contribution in [2.45, 2.75) is 0 Å². The Labute approximate surface area is 201 Å². The van der Waals surface area contributed by atoms with Crippen LogP contribution in [0.5, 0.6) is 0 Å². The Morgan fingerprint density at radius 1 is 0.543 bits per heavy atom. The van der Waals surface area contributed by atoms with E-state index in [0.29, 0.717) is 0 Å². The molecule has 6 aromatic carbocycles. The zero-order valence-corrected chi connectivity index (χ0v) is 18.8. The van der Waals surface area contributed by atoms with Crippen LogP contribution in [0.3, 0.4) is 0 Å². The SMILES string of the molecule is Fc1ccc(N(c2ccccc2)c2cc3oc4c5ccccc5ccc4c3c3ccccc23)cc1. The third-order valence-electron chi connectivity index (χ3n) is 6.69. The van der Waals surface area contributed by atoms with Gasteiger partial charge in [0.25, 0.3) is 0 Å². The number of nitrogens with zero attached hydrogens (tertiary/aromatic N) is 1. The van der Waals surface area contributed by atoms with Gasteiger partial charge in [0, 0.05) is 39.0 Å². The molecule has 166 valence electrons. The molecule has 35 heavy (non-hydrogen) atoms. The van der Waals surface area contributed by atoms with Crippen molar-refractivity contribution in [3.63, 3.8) is 0 Å². The van der Waals surface area contributed by atoms with Crippen LogP contribution in [0.1, 0.15) is 0 Å². The van der Waals surface area contributed by atoms with Crippen LogP contribution >= 0.6 is 0 Å². The van der Waals surface area contributed by atoms with Gasteiger partial charge in [-0.1, -0.05) is 72.8 Å². The van der Waals surface area contributed by atoms with Gasteiger partial charge in [-0.3, -0.25) is 0 Å². The number of benzene rings is 6. The summed E-state index contributed by atoms with van der Waals surface area (Å²) in [5, 5.41) is 6.69. The lowest BCUT2D eigenvalue weighted by molar-refractivity contribution is 0.628. The summed E-state index contributed by atoms with van der Waals surface area (Å²) >= 11 is 0. The maximum absolute atomic E-state index is 13.8. The maximum atomic E-state index is 13.8. The van der Waals surface area contributed by atoms with Gasteiger partial charge in [0.1, 0.15) is 17.0 Å². The van der Waals surface area contributed by atoms with Gasteiger partial charge in [-0.05, 0) is 53.2 Å². The van der Waals surface area contributed by atoms with E-state index < -0.39 is 0 Å². The average molecular weight is 454 g/mol. The summed E-state index contributed by atoms with van der Waals surface area (Å²) in [6.07, 6.45) is 0. The second kappa shape index (κ2) is 7.71. The fourth-order valence-corrected chi connectivity index (χ4v) is 5.13. The van der Waals surface area contributed by atoms with Gasteiger partial charge in [0.15, 0.2) is 0 Å². The van der Waals surface area contributed by atoms with Gasteiger partial charge < -0.3 is 9.32 Å². The minimum atomic E-state index is -0.258. The number of rotatable bonds is 3. The second-order valence-corrected chi connectivity index (χ2v) is 8.73. The molecule has 0 aliphatic rings. The van der Waals surface area contributed by atoms with E-state index in [2.05, 4.69) is 71.6 Å². The van der Waals surface area contributed by atoms with Crippen LogP contribution < -0.4 is 4.90 Å². The van der Waals surface area contributed by atoms with E-state index in [0.717, 1.165) is 60.5 Å². The van der Waals surface area contributed by atoms with Gasteiger partial charge in [0.2, 0.25) is 0 Å². The van der Waals surface area contributed by atoms with E-state index in [1.807, 2.05) is 42.5 Å². The van der Waals surface area contributed by atoms with Crippen LogP contribution in [-0.2, 0) is 0 Å². The Morgan fingerprint density at radius 2 is 1.20 bits per heavy atom. The highest BCUT2D eigenvalue weighted by atomic mass is 19.1. The molecule has 0 fully saturated rings. The summed E-state index contributed by atoms with van der Waals surface area (Å²) in [7, 11) is 0. The molecular weight excluding hydrogens is 433 g/mol. The Morgan fingerprint density at radius 3 is 2.00 bits per heavy atom. The fraction of sp³-hybridized carbons (Fsp3) is 0. The minimum absolute atomic E-state index is 0.258. The number of anilines is 3. The van der Waals surface area contributed by atoms with Crippen LogP contribution in [0.25, 0.3) is 43.5 Å². The van der Waals surface area contributed by atoms with Crippen molar-refractivity contribution in [1.82, 2.24) is 0 Å². The standard InChI is InChI=1S/C32H20FNO/c33-22-15-17-24(18-16-22)34(23-9-2-1-3-10-23)29-20-30-31(27-13-7-6-12-26(27)29)28-19-14-21-8-4-5-11-25(21)32(28)35-30/h1-20H. The quantitative estimate of drug-likeness (QED) is 0.265. The Balaban J connectivity index is 1.60.